The van der Waals surface area contributed by atoms with Crippen LogP contribution in [0.5, 0.6) is 0 Å². The van der Waals surface area contributed by atoms with E-state index >= 15 is 0 Å². The zero-order valence-electron chi connectivity index (χ0n) is 12.9. The summed E-state index contributed by atoms with van der Waals surface area (Å²) in [6, 6.07) is 5.94. The first-order valence-corrected chi connectivity index (χ1v) is 8.60. The topological polar surface area (TPSA) is 49.3 Å². The smallest absolute Gasteiger partial charge is 0.191 e. The third-order valence-corrected chi connectivity index (χ3v) is 4.42. The molecule has 2 aromatic heterocycles. The van der Waals surface area contributed by atoms with Gasteiger partial charge in [0, 0.05) is 24.2 Å². The van der Waals surface area contributed by atoms with Crippen LogP contribution in [0, 0.1) is 6.92 Å². The minimum Gasteiger partial charge on any atom is -0.357 e. The number of aryl methyl sites for hydroxylation is 1. The van der Waals surface area contributed by atoms with Crippen molar-refractivity contribution in [3.8, 4) is 0 Å². The molecule has 2 rings (SSSR count). The summed E-state index contributed by atoms with van der Waals surface area (Å²) < 4.78 is 0. The van der Waals surface area contributed by atoms with Gasteiger partial charge in [0.15, 0.2) is 5.96 Å². The summed E-state index contributed by atoms with van der Waals surface area (Å²) in [5, 5.41) is 9.25. The lowest BCUT2D eigenvalue weighted by Gasteiger charge is -2.11. The highest BCUT2D eigenvalue weighted by Crippen LogP contribution is 2.16. The first kappa shape index (κ1) is 16.8. The molecule has 2 N–H and O–H groups in total. The molecule has 0 atom stereocenters. The van der Waals surface area contributed by atoms with Gasteiger partial charge in [-0.15, -0.1) is 11.3 Å². The summed E-state index contributed by atoms with van der Waals surface area (Å²) in [7, 11) is 0. The molecule has 6 heteroatoms. The van der Waals surface area contributed by atoms with Crippen molar-refractivity contribution in [1.82, 2.24) is 15.6 Å². The number of hydrogen-bond acceptors (Lipinski definition) is 3. The lowest BCUT2D eigenvalue weighted by atomic mass is 10.2. The van der Waals surface area contributed by atoms with Gasteiger partial charge in [-0.25, -0.2) is 9.98 Å². The van der Waals surface area contributed by atoms with Gasteiger partial charge in [-0.1, -0.05) is 17.7 Å². The number of aliphatic imine (C=N–C) groups is 1. The van der Waals surface area contributed by atoms with E-state index in [1.165, 1.54) is 10.4 Å². The van der Waals surface area contributed by atoms with E-state index in [4.69, 9.17) is 11.6 Å². The van der Waals surface area contributed by atoms with E-state index < -0.39 is 0 Å². The molecule has 0 unspecified atom stereocenters. The van der Waals surface area contributed by atoms with Crippen LogP contribution in [0.25, 0.3) is 0 Å². The molecule has 0 aliphatic rings. The Kier molecular flexibility index (Phi) is 6.68. The maximum absolute atomic E-state index is 5.79. The Morgan fingerprint density at radius 1 is 1.32 bits per heavy atom. The van der Waals surface area contributed by atoms with E-state index in [2.05, 4.69) is 45.9 Å². The fraction of sp³-hybridized carbons (Fsp3) is 0.375. The third kappa shape index (κ3) is 5.31. The number of rotatable bonds is 6. The lowest BCUT2D eigenvalue weighted by Crippen LogP contribution is -2.38. The first-order chi connectivity index (χ1) is 10.7. The molecule has 4 nitrogen and oxygen atoms in total. The van der Waals surface area contributed by atoms with Crippen LogP contribution >= 0.6 is 22.9 Å². The minimum absolute atomic E-state index is 0.526. The van der Waals surface area contributed by atoms with Gasteiger partial charge in [0.05, 0.1) is 6.54 Å². The number of nitrogens with one attached hydrogen (secondary N) is 2. The molecule has 0 bridgehead atoms. The monoisotopic (exact) mass is 336 g/mol. The van der Waals surface area contributed by atoms with Crippen molar-refractivity contribution < 1.29 is 0 Å². The number of thiophene rings is 1. The SMILES string of the molecule is CCNC(=NCc1sccc1C)NCCc1ccc(Cl)nc1. The maximum Gasteiger partial charge on any atom is 0.191 e. The molecular formula is C16H21ClN4S. The summed E-state index contributed by atoms with van der Waals surface area (Å²) in [6.07, 6.45) is 2.69. The van der Waals surface area contributed by atoms with Crippen LogP contribution in [0.4, 0.5) is 0 Å². The largest absolute Gasteiger partial charge is 0.357 e. The zero-order chi connectivity index (χ0) is 15.8. The van der Waals surface area contributed by atoms with Gasteiger partial charge >= 0.3 is 0 Å². The Morgan fingerprint density at radius 3 is 2.82 bits per heavy atom. The second-order valence-electron chi connectivity index (χ2n) is 4.89. The van der Waals surface area contributed by atoms with Crippen LogP contribution in [0.3, 0.4) is 0 Å². The summed E-state index contributed by atoms with van der Waals surface area (Å²) in [5.74, 6) is 0.845. The number of halogens is 1. The molecule has 0 aliphatic carbocycles. The van der Waals surface area contributed by atoms with E-state index in [1.807, 2.05) is 18.3 Å². The molecule has 0 fully saturated rings. The molecule has 0 aromatic carbocycles. The van der Waals surface area contributed by atoms with Crippen LogP contribution in [0.1, 0.15) is 22.9 Å². The van der Waals surface area contributed by atoms with Crippen molar-refractivity contribution in [2.75, 3.05) is 13.1 Å². The van der Waals surface area contributed by atoms with Crippen LogP contribution in [0.2, 0.25) is 5.15 Å². The van der Waals surface area contributed by atoms with Crippen molar-refractivity contribution in [3.63, 3.8) is 0 Å². The number of guanidine groups is 1. The first-order valence-electron chi connectivity index (χ1n) is 7.34. The Hall–Kier alpha value is -1.59. The zero-order valence-corrected chi connectivity index (χ0v) is 14.5. The molecule has 0 radical (unpaired) electrons. The number of aromatic nitrogens is 1. The predicted molar refractivity (Wildman–Crippen MR) is 94.8 cm³/mol. The van der Waals surface area contributed by atoms with Gasteiger partial charge in [-0.05, 0) is 48.9 Å². The average Bonchev–Trinajstić information content (AvgIpc) is 2.92. The van der Waals surface area contributed by atoms with Crippen molar-refractivity contribution in [2.45, 2.75) is 26.8 Å². The molecular weight excluding hydrogens is 316 g/mol. The Balaban J connectivity index is 1.85. The van der Waals surface area contributed by atoms with E-state index in [1.54, 1.807) is 11.3 Å². The highest BCUT2D eigenvalue weighted by atomic mass is 35.5. The van der Waals surface area contributed by atoms with Gasteiger partial charge in [-0.2, -0.15) is 0 Å². The fourth-order valence-corrected chi connectivity index (χ4v) is 2.88. The molecule has 0 amide bonds. The van der Waals surface area contributed by atoms with E-state index in [-0.39, 0.29) is 0 Å². The van der Waals surface area contributed by atoms with Gasteiger partial charge in [0.1, 0.15) is 5.15 Å². The van der Waals surface area contributed by atoms with Crippen LogP contribution in [-0.4, -0.2) is 24.0 Å². The van der Waals surface area contributed by atoms with E-state index in [9.17, 15) is 0 Å². The van der Waals surface area contributed by atoms with Crippen molar-refractivity contribution in [2.24, 2.45) is 4.99 Å². The standard InChI is InChI=1S/C16H21ClN4S/c1-3-18-16(21-11-14-12(2)7-9-22-14)19-8-6-13-4-5-15(17)20-10-13/h4-5,7,9-10H,3,6,8,11H2,1-2H3,(H2,18,19,21). The molecule has 118 valence electrons. The third-order valence-electron chi connectivity index (χ3n) is 3.19. The summed E-state index contributed by atoms with van der Waals surface area (Å²) in [4.78, 5) is 10.0. The second kappa shape index (κ2) is 8.76. The summed E-state index contributed by atoms with van der Waals surface area (Å²) in [6.45, 7) is 6.55. The molecule has 0 aliphatic heterocycles. The molecule has 2 heterocycles. The van der Waals surface area contributed by atoms with Gasteiger partial charge in [0.25, 0.3) is 0 Å². The fourth-order valence-electron chi connectivity index (χ4n) is 1.94. The highest BCUT2D eigenvalue weighted by Gasteiger charge is 2.01. The van der Waals surface area contributed by atoms with Crippen molar-refractivity contribution in [1.29, 1.82) is 0 Å². The molecule has 22 heavy (non-hydrogen) atoms. The van der Waals surface area contributed by atoms with Crippen LogP contribution in [-0.2, 0) is 13.0 Å². The van der Waals surface area contributed by atoms with E-state index in [0.29, 0.717) is 11.7 Å². The van der Waals surface area contributed by atoms with Crippen molar-refractivity contribution >= 4 is 28.9 Å². The number of hydrogen-bond donors (Lipinski definition) is 2. The normalized spacial score (nSPS) is 11.5. The van der Waals surface area contributed by atoms with Gasteiger partial charge < -0.3 is 10.6 Å². The maximum atomic E-state index is 5.79. The molecule has 0 spiro atoms. The number of nitrogens with zero attached hydrogens (tertiary/aromatic N) is 2. The number of pyridine rings is 1. The highest BCUT2D eigenvalue weighted by molar-refractivity contribution is 7.10. The predicted octanol–water partition coefficient (Wildman–Crippen LogP) is 3.40. The quantitative estimate of drug-likeness (QED) is 0.483. The molecule has 0 saturated heterocycles. The van der Waals surface area contributed by atoms with Crippen LogP contribution < -0.4 is 10.6 Å². The lowest BCUT2D eigenvalue weighted by molar-refractivity contribution is 0.798. The molecule has 0 saturated carbocycles. The van der Waals surface area contributed by atoms with Crippen LogP contribution in [0.15, 0.2) is 34.8 Å². The average molecular weight is 337 g/mol. The Morgan fingerprint density at radius 2 is 2.18 bits per heavy atom. The minimum atomic E-state index is 0.526. The van der Waals surface area contributed by atoms with Gasteiger partial charge in [-0.3, -0.25) is 0 Å². The van der Waals surface area contributed by atoms with E-state index in [0.717, 1.165) is 31.0 Å². The summed E-state index contributed by atoms with van der Waals surface area (Å²) in [5.41, 5.74) is 2.46. The Labute approximate surface area is 140 Å². The second-order valence-corrected chi connectivity index (χ2v) is 6.28. The molecule has 2 aromatic rings. The van der Waals surface area contributed by atoms with Crippen molar-refractivity contribution in [3.05, 3.63) is 50.9 Å². The summed E-state index contributed by atoms with van der Waals surface area (Å²) >= 11 is 7.53. The Bertz CT molecular complexity index is 607. The van der Waals surface area contributed by atoms with Gasteiger partial charge in [0.2, 0.25) is 0 Å².